The lowest BCUT2D eigenvalue weighted by Gasteiger charge is -1.99. The number of fused-ring (bicyclic) bond motifs is 1. The third kappa shape index (κ3) is 2.55. The number of nitrogens with zero attached hydrogens (tertiary/aromatic N) is 1. The van der Waals surface area contributed by atoms with Crippen LogP contribution in [0.25, 0.3) is 22.6 Å². The topological polar surface area (TPSA) is 86.2 Å². The fraction of sp³-hybridized carbons (Fsp3) is 0.133. The molecule has 1 aromatic heterocycles. The molecule has 3 aromatic rings. The van der Waals surface area contributed by atoms with Gasteiger partial charge in [0, 0.05) is 5.69 Å². The van der Waals surface area contributed by atoms with E-state index in [9.17, 15) is 8.42 Å². The molecule has 0 saturated heterocycles. The van der Waals surface area contributed by atoms with Crippen LogP contribution in [-0.2, 0) is 9.84 Å². The molecule has 0 fully saturated rings. The van der Waals surface area contributed by atoms with Crippen LogP contribution < -0.4 is 5.73 Å². The van der Waals surface area contributed by atoms with E-state index in [1.54, 1.807) is 31.2 Å². The van der Waals surface area contributed by atoms with E-state index in [1.165, 1.54) is 12.1 Å². The van der Waals surface area contributed by atoms with E-state index in [0.29, 0.717) is 33.3 Å². The minimum absolute atomic E-state index is 0.0347. The summed E-state index contributed by atoms with van der Waals surface area (Å²) in [6, 6.07) is 9.64. The highest BCUT2D eigenvalue weighted by atomic mass is 35.5. The molecule has 0 aliphatic heterocycles. The van der Waals surface area contributed by atoms with Gasteiger partial charge in [0.25, 0.3) is 0 Å². The summed E-state index contributed by atoms with van der Waals surface area (Å²) in [7, 11) is -3.28. The largest absolute Gasteiger partial charge is 0.436 e. The summed E-state index contributed by atoms with van der Waals surface area (Å²) < 4.78 is 29.5. The number of sulfone groups is 1. The zero-order chi connectivity index (χ0) is 15.9. The average molecular weight is 337 g/mol. The number of nitrogen functional groups attached to an aromatic ring is 1. The van der Waals surface area contributed by atoms with E-state index in [2.05, 4.69) is 4.98 Å². The Kier molecular flexibility index (Phi) is 3.58. The Morgan fingerprint density at radius 2 is 2.00 bits per heavy atom. The smallest absolute Gasteiger partial charge is 0.228 e. The molecule has 0 bridgehead atoms. The Balaban J connectivity index is 2.14. The van der Waals surface area contributed by atoms with Crippen LogP contribution in [-0.4, -0.2) is 19.2 Å². The lowest BCUT2D eigenvalue weighted by atomic mass is 10.2. The van der Waals surface area contributed by atoms with Crippen molar-refractivity contribution in [1.29, 1.82) is 0 Å². The van der Waals surface area contributed by atoms with Gasteiger partial charge in [-0.05, 0) is 36.4 Å². The zero-order valence-corrected chi connectivity index (χ0v) is 13.3. The van der Waals surface area contributed by atoms with Crippen molar-refractivity contribution in [2.24, 2.45) is 0 Å². The monoisotopic (exact) mass is 336 g/mol. The lowest BCUT2D eigenvalue weighted by Crippen LogP contribution is -2.03. The molecule has 22 heavy (non-hydrogen) atoms. The van der Waals surface area contributed by atoms with Crippen molar-refractivity contribution in [3.63, 3.8) is 0 Å². The second-order valence-corrected chi connectivity index (χ2v) is 7.48. The van der Waals surface area contributed by atoms with Crippen molar-refractivity contribution >= 4 is 38.2 Å². The Hall–Kier alpha value is -2.05. The van der Waals surface area contributed by atoms with Crippen LogP contribution >= 0.6 is 11.6 Å². The number of anilines is 1. The molecular formula is C15H13ClN2O3S. The predicted molar refractivity (Wildman–Crippen MR) is 86.6 cm³/mol. The number of benzene rings is 2. The predicted octanol–water partition coefficient (Wildman–Crippen LogP) is 3.52. The second kappa shape index (κ2) is 5.30. The molecule has 5 nitrogen and oxygen atoms in total. The average Bonchev–Trinajstić information content (AvgIpc) is 2.89. The van der Waals surface area contributed by atoms with Crippen LogP contribution in [0.5, 0.6) is 0 Å². The molecule has 0 saturated carbocycles. The van der Waals surface area contributed by atoms with Gasteiger partial charge in [0.05, 0.1) is 21.2 Å². The van der Waals surface area contributed by atoms with E-state index in [1.807, 2.05) is 0 Å². The van der Waals surface area contributed by atoms with Crippen molar-refractivity contribution in [2.45, 2.75) is 11.8 Å². The first kappa shape index (κ1) is 14.9. The summed E-state index contributed by atoms with van der Waals surface area (Å²) in [5, 5.41) is 0.424. The second-order valence-electron chi connectivity index (χ2n) is 4.79. The standard InChI is InChI=1S/C15H13ClN2O3S/c1-2-22(19,20)10-4-6-14-13(8-10)18-15(21-14)11-5-3-9(17)7-12(11)16/h3-8H,2,17H2,1H3. The minimum Gasteiger partial charge on any atom is -0.436 e. The molecule has 1 heterocycles. The normalized spacial score (nSPS) is 11.9. The van der Waals surface area contributed by atoms with Gasteiger partial charge in [-0.1, -0.05) is 18.5 Å². The van der Waals surface area contributed by atoms with E-state index >= 15 is 0 Å². The SMILES string of the molecule is CCS(=O)(=O)c1ccc2oc(-c3ccc(N)cc3Cl)nc2c1. The van der Waals surface area contributed by atoms with Gasteiger partial charge in [0.1, 0.15) is 5.52 Å². The molecule has 0 amide bonds. The summed E-state index contributed by atoms with van der Waals surface area (Å²) in [6.45, 7) is 1.60. The van der Waals surface area contributed by atoms with Crippen LogP contribution in [0, 0.1) is 0 Å². The lowest BCUT2D eigenvalue weighted by molar-refractivity contribution is 0.597. The first-order valence-electron chi connectivity index (χ1n) is 6.59. The van der Waals surface area contributed by atoms with E-state index in [-0.39, 0.29) is 10.6 Å². The summed E-state index contributed by atoms with van der Waals surface area (Å²) >= 11 is 6.14. The molecule has 0 unspecified atom stereocenters. The van der Waals surface area contributed by atoms with Crippen LogP contribution in [0.1, 0.15) is 6.92 Å². The molecule has 3 rings (SSSR count). The summed E-state index contributed by atoms with van der Waals surface area (Å²) in [5.74, 6) is 0.360. The first-order chi connectivity index (χ1) is 10.4. The van der Waals surface area contributed by atoms with Crippen LogP contribution in [0.4, 0.5) is 5.69 Å². The fourth-order valence-electron chi connectivity index (χ4n) is 2.09. The van der Waals surface area contributed by atoms with Gasteiger partial charge in [0.15, 0.2) is 15.4 Å². The van der Waals surface area contributed by atoms with Gasteiger partial charge < -0.3 is 10.2 Å². The highest BCUT2D eigenvalue weighted by molar-refractivity contribution is 7.91. The van der Waals surface area contributed by atoms with Gasteiger partial charge in [-0.15, -0.1) is 0 Å². The molecule has 0 aliphatic carbocycles. The zero-order valence-electron chi connectivity index (χ0n) is 11.7. The first-order valence-corrected chi connectivity index (χ1v) is 8.62. The molecule has 7 heteroatoms. The third-order valence-corrected chi connectivity index (χ3v) is 5.37. The quantitative estimate of drug-likeness (QED) is 0.739. The molecule has 2 N–H and O–H groups in total. The van der Waals surface area contributed by atoms with Gasteiger partial charge >= 0.3 is 0 Å². The number of aromatic nitrogens is 1. The van der Waals surface area contributed by atoms with Crippen molar-refractivity contribution in [3.8, 4) is 11.5 Å². The van der Waals surface area contributed by atoms with E-state index in [0.717, 1.165) is 0 Å². The summed E-state index contributed by atoms with van der Waals surface area (Å²) in [5.41, 5.74) is 7.78. The maximum atomic E-state index is 11.9. The van der Waals surface area contributed by atoms with Gasteiger partial charge in [-0.3, -0.25) is 0 Å². The fourth-order valence-corrected chi connectivity index (χ4v) is 3.26. The number of hydrogen-bond donors (Lipinski definition) is 1. The van der Waals surface area contributed by atoms with E-state index in [4.69, 9.17) is 21.8 Å². The Labute approximate surface area is 132 Å². The van der Waals surface area contributed by atoms with Gasteiger partial charge in [0.2, 0.25) is 5.89 Å². The molecular weight excluding hydrogens is 324 g/mol. The molecule has 2 aromatic carbocycles. The van der Waals surface area contributed by atoms with Crippen molar-refractivity contribution < 1.29 is 12.8 Å². The molecule has 0 spiro atoms. The highest BCUT2D eigenvalue weighted by Gasteiger charge is 2.16. The number of oxazole rings is 1. The molecule has 0 radical (unpaired) electrons. The third-order valence-electron chi connectivity index (χ3n) is 3.32. The summed E-state index contributed by atoms with van der Waals surface area (Å²) in [4.78, 5) is 4.55. The van der Waals surface area contributed by atoms with E-state index < -0.39 is 9.84 Å². The molecule has 0 aliphatic rings. The molecule has 0 atom stereocenters. The number of nitrogens with two attached hydrogens (primary N) is 1. The van der Waals surface area contributed by atoms with Gasteiger partial charge in [-0.25, -0.2) is 13.4 Å². The van der Waals surface area contributed by atoms with Crippen molar-refractivity contribution in [2.75, 3.05) is 11.5 Å². The number of rotatable bonds is 3. The van der Waals surface area contributed by atoms with Crippen molar-refractivity contribution in [1.82, 2.24) is 4.98 Å². The maximum absolute atomic E-state index is 11.9. The van der Waals surface area contributed by atoms with Crippen LogP contribution in [0.3, 0.4) is 0 Å². The highest BCUT2D eigenvalue weighted by Crippen LogP contribution is 2.32. The Morgan fingerprint density at radius 3 is 2.68 bits per heavy atom. The Morgan fingerprint density at radius 1 is 1.23 bits per heavy atom. The Bertz CT molecular complexity index is 964. The van der Waals surface area contributed by atoms with Crippen LogP contribution in [0.15, 0.2) is 45.7 Å². The number of halogens is 1. The maximum Gasteiger partial charge on any atom is 0.228 e. The van der Waals surface area contributed by atoms with Gasteiger partial charge in [-0.2, -0.15) is 0 Å². The van der Waals surface area contributed by atoms with Crippen LogP contribution in [0.2, 0.25) is 5.02 Å². The minimum atomic E-state index is -3.28. The summed E-state index contributed by atoms with van der Waals surface area (Å²) in [6.07, 6.45) is 0. The van der Waals surface area contributed by atoms with Crippen molar-refractivity contribution in [3.05, 3.63) is 41.4 Å². The number of hydrogen-bond acceptors (Lipinski definition) is 5. The molecule has 114 valence electrons.